The number of hydrogen-bond acceptors (Lipinski definition) is 5. The second-order valence-corrected chi connectivity index (χ2v) is 4.84. The van der Waals surface area contributed by atoms with Crippen molar-refractivity contribution in [1.29, 1.82) is 0 Å². The van der Waals surface area contributed by atoms with E-state index < -0.39 is 15.6 Å². The van der Waals surface area contributed by atoms with E-state index in [0.717, 1.165) is 10.5 Å². The van der Waals surface area contributed by atoms with Crippen LogP contribution in [0.1, 0.15) is 0 Å². The van der Waals surface area contributed by atoms with Gasteiger partial charge in [-0.3, -0.25) is 4.79 Å². The Morgan fingerprint density at radius 1 is 1.59 bits per heavy atom. The molecule has 0 bridgehead atoms. The van der Waals surface area contributed by atoms with Gasteiger partial charge >= 0.3 is 0 Å². The van der Waals surface area contributed by atoms with Crippen molar-refractivity contribution in [3.05, 3.63) is 35.4 Å². The zero-order chi connectivity index (χ0) is 12.5. The van der Waals surface area contributed by atoms with Crippen molar-refractivity contribution in [2.45, 2.75) is 5.03 Å². The molecule has 2 aromatic heterocycles. The lowest BCUT2D eigenvalue weighted by atomic mass is 10.6. The Balaban J connectivity index is 2.56. The van der Waals surface area contributed by atoms with Crippen LogP contribution in [0, 0.1) is 0 Å². The number of aromatic amines is 1. The molecule has 17 heavy (non-hydrogen) atoms. The third-order valence-corrected chi connectivity index (χ3v) is 3.27. The molecule has 2 heterocycles. The molecule has 8 nitrogen and oxygen atoms in total. The molecule has 0 amide bonds. The lowest BCUT2D eigenvalue weighted by Crippen LogP contribution is -2.27. The number of sulfonamides is 1. The minimum absolute atomic E-state index is 0.0619. The minimum Gasteiger partial charge on any atom is -0.269 e. The molecule has 0 aromatic carbocycles. The molecule has 2 aromatic rings. The van der Waals surface area contributed by atoms with Gasteiger partial charge in [-0.2, -0.15) is 10.1 Å². The van der Waals surface area contributed by atoms with Gasteiger partial charge in [-0.15, -0.1) is 6.58 Å². The minimum atomic E-state index is -3.81. The van der Waals surface area contributed by atoms with E-state index in [1.165, 1.54) is 12.4 Å². The van der Waals surface area contributed by atoms with E-state index in [-0.39, 0.29) is 17.3 Å². The second-order valence-electron chi connectivity index (χ2n) is 3.12. The Morgan fingerprint density at radius 3 is 3.06 bits per heavy atom. The van der Waals surface area contributed by atoms with Crippen LogP contribution in [0.2, 0.25) is 0 Å². The summed E-state index contributed by atoms with van der Waals surface area (Å²) >= 11 is 0. The number of hydrogen-bond donors (Lipinski definition) is 2. The maximum Gasteiger partial charge on any atom is 0.261 e. The van der Waals surface area contributed by atoms with E-state index >= 15 is 0 Å². The topological polar surface area (TPSA) is 109 Å². The molecule has 90 valence electrons. The van der Waals surface area contributed by atoms with Crippen molar-refractivity contribution in [1.82, 2.24) is 24.3 Å². The summed E-state index contributed by atoms with van der Waals surface area (Å²) in [5.74, 6) is 0.0662. The van der Waals surface area contributed by atoms with Crippen LogP contribution in [0.15, 0.2) is 34.9 Å². The fourth-order valence-electron chi connectivity index (χ4n) is 1.19. The first-order valence-corrected chi connectivity index (χ1v) is 6.06. The molecule has 0 aliphatic carbocycles. The van der Waals surface area contributed by atoms with Crippen molar-refractivity contribution in [3.63, 3.8) is 0 Å². The van der Waals surface area contributed by atoms with Gasteiger partial charge in [0, 0.05) is 12.6 Å². The molecular weight excluding hydrogens is 246 g/mol. The van der Waals surface area contributed by atoms with Crippen molar-refractivity contribution in [2.75, 3.05) is 6.54 Å². The van der Waals surface area contributed by atoms with Crippen LogP contribution in [0.5, 0.6) is 0 Å². The Hall–Kier alpha value is -2.00. The third-order valence-electron chi connectivity index (χ3n) is 1.96. The molecule has 0 saturated carbocycles. The highest BCUT2D eigenvalue weighted by atomic mass is 32.2. The van der Waals surface area contributed by atoms with E-state index in [1.54, 1.807) is 0 Å². The molecule has 0 radical (unpaired) electrons. The quantitative estimate of drug-likeness (QED) is 0.531. The summed E-state index contributed by atoms with van der Waals surface area (Å²) in [7, 11) is -3.81. The highest BCUT2D eigenvalue weighted by Crippen LogP contribution is 2.02. The average Bonchev–Trinajstić information content (AvgIpc) is 2.75. The fraction of sp³-hybridized carbons (Fsp3) is 0.125. The van der Waals surface area contributed by atoms with Crippen LogP contribution in [0.4, 0.5) is 0 Å². The summed E-state index contributed by atoms with van der Waals surface area (Å²) in [5.41, 5.74) is -0.525. The predicted molar refractivity (Wildman–Crippen MR) is 59.0 cm³/mol. The van der Waals surface area contributed by atoms with Crippen molar-refractivity contribution in [2.24, 2.45) is 0 Å². The largest absolute Gasteiger partial charge is 0.269 e. The molecule has 2 rings (SSSR count). The molecule has 0 saturated heterocycles. The monoisotopic (exact) mass is 255 g/mol. The van der Waals surface area contributed by atoms with Crippen molar-refractivity contribution < 1.29 is 8.42 Å². The zero-order valence-electron chi connectivity index (χ0n) is 8.62. The highest BCUT2D eigenvalue weighted by molar-refractivity contribution is 7.89. The SMILES string of the molecule is C=CCNS(=O)(=O)c1cc(=O)n2cn[nH]c2n1. The van der Waals surface area contributed by atoms with E-state index in [1.807, 2.05) is 0 Å². The molecule has 0 unspecified atom stereocenters. The lowest BCUT2D eigenvalue weighted by Gasteiger charge is -2.02. The second kappa shape index (κ2) is 4.11. The van der Waals surface area contributed by atoms with Gasteiger partial charge < -0.3 is 0 Å². The predicted octanol–water partition coefficient (Wildman–Crippen LogP) is -1.12. The molecule has 0 aliphatic rings. The molecule has 0 atom stereocenters. The lowest BCUT2D eigenvalue weighted by molar-refractivity contribution is 0.581. The summed E-state index contributed by atoms with van der Waals surface area (Å²) in [4.78, 5) is 15.3. The van der Waals surface area contributed by atoms with Gasteiger partial charge in [0.2, 0.25) is 5.78 Å². The van der Waals surface area contributed by atoms with Gasteiger partial charge in [0.25, 0.3) is 15.6 Å². The highest BCUT2D eigenvalue weighted by Gasteiger charge is 2.17. The maximum absolute atomic E-state index is 11.7. The molecular formula is C8H9N5O3S. The van der Waals surface area contributed by atoms with Crippen molar-refractivity contribution in [3.8, 4) is 0 Å². The Morgan fingerprint density at radius 2 is 2.35 bits per heavy atom. The Kier molecular flexibility index (Phi) is 2.77. The normalized spacial score (nSPS) is 11.8. The zero-order valence-corrected chi connectivity index (χ0v) is 9.44. The summed E-state index contributed by atoms with van der Waals surface area (Å²) in [5, 5.41) is 5.66. The first kappa shape index (κ1) is 11.5. The van der Waals surface area contributed by atoms with Gasteiger partial charge in [-0.05, 0) is 0 Å². The Labute approximate surface area is 96.1 Å². The van der Waals surface area contributed by atoms with Crippen LogP contribution in [-0.4, -0.2) is 34.5 Å². The summed E-state index contributed by atoms with van der Waals surface area (Å²) in [6.07, 6.45) is 2.61. The Bertz CT molecular complexity index is 714. The first-order chi connectivity index (χ1) is 8.04. The standard InChI is InChI=1S/C8H9N5O3S/c1-2-3-10-17(15,16)6-4-7(14)13-5-9-12-8(13)11-6/h2,4-5,10H,1,3H2,(H,11,12). The molecule has 2 N–H and O–H groups in total. The molecule has 0 aliphatic heterocycles. The maximum atomic E-state index is 11.7. The van der Waals surface area contributed by atoms with Crippen LogP contribution in [0.3, 0.4) is 0 Å². The van der Waals surface area contributed by atoms with Crippen LogP contribution < -0.4 is 10.3 Å². The van der Waals surface area contributed by atoms with Crippen LogP contribution >= 0.6 is 0 Å². The van der Waals surface area contributed by atoms with Crippen LogP contribution in [-0.2, 0) is 10.0 Å². The third kappa shape index (κ3) is 2.10. The van der Waals surface area contributed by atoms with E-state index in [2.05, 4.69) is 26.5 Å². The smallest absolute Gasteiger partial charge is 0.261 e. The number of aromatic nitrogens is 4. The summed E-state index contributed by atoms with van der Waals surface area (Å²) in [6.45, 7) is 3.45. The van der Waals surface area contributed by atoms with Gasteiger partial charge in [-0.1, -0.05) is 6.08 Å². The van der Waals surface area contributed by atoms with E-state index in [4.69, 9.17) is 0 Å². The molecule has 0 spiro atoms. The average molecular weight is 255 g/mol. The van der Waals surface area contributed by atoms with Crippen LogP contribution in [0.25, 0.3) is 5.78 Å². The fourth-order valence-corrected chi connectivity index (χ4v) is 2.13. The number of fused-ring (bicyclic) bond motifs is 1. The summed E-state index contributed by atoms with van der Waals surface area (Å²) < 4.78 is 26.7. The number of H-pyrrole nitrogens is 1. The first-order valence-electron chi connectivity index (χ1n) is 4.58. The van der Waals surface area contributed by atoms with Gasteiger partial charge in [0.1, 0.15) is 6.33 Å². The van der Waals surface area contributed by atoms with Crippen molar-refractivity contribution >= 4 is 15.8 Å². The van der Waals surface area contributed by atoms with E-state index in [0.29, 0.717) is 0 Å². The molecule has 0 fully saturated rings. The van der Waals surface area contributed by atoms with E-state index in [9.17, 15) is 13.2 Å². The van der Waals surface area contributed by atoms with Gasteiger partial charge in [0.05, 0.1) is 0 Å². The van der Waals surface area contributed by atoms with Gasteiger partial charge in [0.15, 0.2) is 5.03 Å². The molecule has 9 heteroatoms. The summed E-state index contributed by atoms with van der Waals surface area (Å²) in [6, 6.07) is 0.925. The van der Waals surface area contributed by atoms with Gasteiger partial charge in [-0.25, -0.2) is 22.6 Å². The number of nitrogens with zero attached hydrogens (tertiary/aromatic N) is 3. The number of rotatable bonds is 4. The number of nitrogens with one attached hydrogen (secondary N) is 2.